The van der Waals surface area contributed by atoms with Crippen LogP contribution in [-0.4, -0.2) is 14.5 Å². The summed E-state index contributed by atoms with van der Waals surface area (Å²) in [5.74, 6) is 0.986. The summed E-state index contributed by atoms with van der Waals surface area (Å²) in [5.41, 5.74) is 2.30. The van der Waals surface area contributed by atoms with Gasteiger partial charge in [0.15, 0.2) is 0 Å². The van der Waals surface area contributed by atoms with Gasteiger partial charge in [-0.25, -0.2) is 4.98 Å². The average Bonchev–Trinajstić information content (AvgIpc) is 2.89. The summed E-state index contributed by atoms with van der Waals surface area (Å²) in [4.78, 5) is 8.56. The van der Waals surface area contributed by atoms with Gasteiger partial charge in [0.2, 0.25) is 0 Å². The lowest BCUT2D eigenvalue weighted by molar-refractivity contribution is 0.803. The Balaban J connectivity index is 1.93. The average molecular weight is 235 g/mol. The molecule has 3 nitrogen and oxygen atoms in total. The fraction of sp³-hybridized carbons (Fsp3) is 0.0667. The van der Waals surface area contributed by atoms with Gasteiger partial charge in [0, 0.05) is 30.4 Å². The standard InChI is InChI=1S/C15H13N3/c1-2-6-14(7-3-1)15-17-9-10-18(15)12-13-5-4-8-16-11-13/h1-11H,12H2. The zero-order valence-electron chi connectivity index (χ0n) is 9.90. The van der Waals surface area contributed by atoms with E-state index in [1.807, 2.05) is 42.9 Å². The first-order valence-electron chi connectivity index (χ1n) is 5.89. The molecule has 0 saturated heterocycles. The second-order valence-electron chi connectivity index (χ2n) is 4.11. The number of nitrogens with zero attached hydrogens (tertiary/aromatic N) is 3. The molecule has 0 aliphatic carbocycles. The number of rotatable bonds is 3. The van der Waals surface area contributed by atoms with E-state index in [2.05, 4.69) is 32.7 Å². The monoisotopic (exact) mass is 235 g/mol. The van der Waals surface area contributed by atoms with Crippen molar-refractivity contribution < 1.29 is 0 Å². The molecule has 0 aliphatic heterocycles. The maximum atomic E-state index is 4.43. The van der Waals surface area contributed by atoms with Gasteiger partial charge in [-0.15, -0.1) is 0 Å². The molecule has 0 radical (unpaired) electrons. The Morgan fingerprint density at radius 1 is 0.944 bits per heavy atom. The van der Waals surface area contributed by atoms with Crippen LogP contribution in [0.4, 0.5) is 0 Å². The van der Waals surface area contributed by atoms with Crippen molar-refractivity contribution in [1.29, 1.82) is 0 Å². The first-order chi connectivity index (χ1) is 8.93. The molecule has 0 unspecified atom stereocenters. The van der Waals surface area contributed by atoms with Gasteiger partial charge in [-0.1, -0.05) is 36.4 Å². The minimum Gasteiger partial charge on any atom is -0.327 e. The Morgan fingerprint density at radius 3 is 2.61 bits per heavy atom. The zero-order valence-corrected chi connectivity index (χ0v) is 9.90. The van der Waals surface area contributed by atoms with Crippen LogP contribution in [0, 0.1) is 0 Å². The van der Waals surface area contributed by atoms with Crippen molar-refractivity contribution in [2.24, 2.45) is 0 Å². The van der Waals surface area contributed by atoms with E-state index in [1.54, 1.807) is 6.20 Å². The maximum absolute atomic E-state index is 4.43. The van der Waals surface area contributed by atoms with Crippen LogP contribution in [0.5, 0.6) is 0 Å². The fourth-order valence-electron chi connectivity index (χ4n) is 1.97. The molecule has 88 valence electrons. The van der Waals surface area contributed by atoms with E-state index >= 15 is 0 Å². The number of imidazole rings is 1. The lowest BCUT2D eigenvalue weighted by Crippen LogP contribution is -2.01. The summed E-state index contributed by atoms with van der Waals surface area (Å²) >= 11 is 0. The van der Waals surface area contributed by atoms with E-state index in [-0.39, 0.29) is 0 Å². The molecule has 0 amide bonds. The van der Waals surface area contributed by atoms with Crippen LogP contribution >= 0.6 is 0 Å². The minimum atomic E-state index is 0.790. The number of pyridine rings is 1. The minimum absolute atomic E-state index is 0.790. The molecule has 0 aliphatic rings. The third kappa shape index (κ3) is 2.15. The third-order valence-corrected chi connectivity index (χ3v) is 2.82. The molecular weight excluding hydrogens is 222 g/mol. The van der Waals surface area contributed by atoms with Crippen molar-refractivity contribution in [2.45, 2.75) is 6.54 Å². The van der Waals surface area contributed by atoms with Crippen LogP contribution < -0.4 is 0 Å². The molecule has 3 heteroatoms. The Labute approximate surface area is 106 Å². The molecule has 18 heavy (non-hydrogen) atoms. The maximum Gasteiger partial charge on any atom is 0.140 e. The molecule has 0 spiro atoms. The highest BCUT2D eigenvalue weighted by molar-refractivity contribution is 5.55. The smallest absolute Gasteiger partial charge is 0.140 e. The highest BCUT2D eigenvalue weighted by Gasteiger charge is 2.05. The second kappa shape index (κ2) is 4.84. The van der Waals surface area contributed by atoms with Crippen LogP contribution in [0.25, 0.3) is 11.4 Å². The van der Waals surface area contributed by atoms with Crippen LogP contribution in [0.1, 0.15) is 5.56 Å². The lowest BCUT2D eigenvalue weighted by atomic mass is 10.2. The first kappa shape index (κ1) is 10.7. The van der Waals surface area contributed by atoms with Crippen LogP contribution in [0.15, 0.2) is 67.3 Å². The molecule has 3 rings (SSSR count). The van der Waals surface area contributed by atoms with Crippen molar-refractivity contribution in [3.05, 3.63) is 72.8 Å². The summed E-state index contributed by atoms with van der Waals surface area (Å²) in [6.07, 6.45) is 7.50. The molecular formula is C15H13N3. The Kier molecular flexibility index (Phi) is 2.88. The quantitative estimate of drug-likeness (QED) is 0.698. The van der Waals surface area contributed by atoms with Crippen LogP contribution in [-0.2, 0) is 6.54 Å². The van der Waals surface area contributed by atoms with Crippen molar-refractivity contribution in [1.82, 2.24) is 14.5 Å². The van der Waals surface area contributed by atoms with E-state index < -0.39 is 0 Å². The van der Waals surface area contributed by atoms with Gasteiger partial charge in [-0.3, -0.25) is 4.98 Å². The lowest BCUT2D eigenvalue weighted by Gasteiger charge is -2.07. The predicted octanol–water partition coefficient (Wildman–Crippen LogP) is 2.99. The Hall–Kier alpha value is -2.42. The summed E-state index contributed by atoms with van der Waals surface area (Å²) in [7, 11) is 0. The number of benzene rings is 1. The van der Waals surface area contributed by atoms with E-state index in [4.69, 9.17) is 0 Å². The largest absolute Gasteiger partial charge is 0.327 e. The van der Waals surface area contributed by atoms with Crippen molar-refractivity contribution in [3.63, 3.8) is 0 Å². The van der Waals surface area contributed by atoms with E-state index in [9.17, 15) is 0 Å². The Bertz CT molecular complexity index is 615. The van der Waals surface area contributed by atoms with Crippen LogP contribution in [0.3, 0.4) is 0 Å². The normalized spacial score (nSPS) is 10.4. The third-order valence-electron chi connectivity index (χ3n) is 2.82. The molecule has 0 bridgehead atoms. The highest BCUT2D eigenvalue weighted by Crippen LogP contribution is 2.17. The number of aromatic nitrogens is 3. The summed E-state index contributed by atoms with van der Waals surface area (Å²) < 4.78 is 2.13. The molecule has 2 heterocycles. The Morgan fingerprint density at radius 2 is 1.83 bits per heavy atom. The van der Waals surface area contributed by atoms with Crippen molar-refractivity contribution >= 4 is 0 Å². The van der Waals surface area contributed by atoms with E-state index in [0.29, 0.717) is 0 Å². The van der Waals surface area contributed by atoms with E-state index in [0.717, 1.165) is 17.9 Å². The number of hydrogen-bond acceptors (Lipinski definition) is 2. The molecule has 0 atom stereocenters. The topological polar surface area (TPSA) is 30.7 Å². The summed E-state index contributed by atoms with van der Waals surface area (Å²) in [5, 5.41) is 0. The summed E-state index contributed by atoms with van der Waals surface area (Å²) in [6, 6.07) is 14.2. The van der Waals surface area contributed by atoms with Crippen molar-refractivity contribution in [3.8, 4) is 11.4 Å². The predicted molar refractivity (Wildman–Crippen MR) is 71.0 cm³/mol. The van der Waals surface area contributed by atoms with Gasteiger partial charge in [0.25, 0.3) is 0 Å². The second-order valence-corrected chi connectivity index (χ2v) is 4.11. The molecule has 0 fully saturated rings. The van der Waals surface area contributed by atoms with Crippen LogP contribution in [0.2, 0.25) is 0 Å². The molecule has 0 saturated carbocycles. The zero-order chi connectivity index (χ0) is 12.2. The van der Waals surface area contributed by atoms with Gasteiger partial charge in [-0.05, 0) is 11.6 Å². The number of hydrogen-bond donors (Lipinski definition) is 0. The molecule has 2 aromatic heterocycles. The first-order valence-corrected chi connectivity index (χ1v) is 5.89. The van der Waals surface area contributed by atoms with E-state index in [1.165, 1.54) is 5.56 Å². The van der Waals surface area contributed by atoms with Crippen molar-refractivity contribution in [2.75, 3.05) is 0 Å². The SMILES string of the molecule is c1ccc(-c2nccn2Cc2cccnc2)cc1. The van der Waals surface area contributed by atoms with Gasteiger partial charge >= 0.3 is 0 Å². The van der Waals surface area contributed by atoms with Gasteiger partial charge in [-0.2, -0.15) is 0 Å². The molecule has 0 N–H and O–H groups in total. The van der Waals surface area contributed by atoms with Gasteiger partial charge in [0.05, 0.1) is 6.54 Å². The molecule has 3 aromatic rings. The molecule has 1 aromatic carbocycles. The summed E-state index contributed by atoms with van der Waals surface area (Å²) in [6.45, 7) is 0.790. The fourth-order valence-corrected chi connectivity index (χ4v) is 1.97. The van der Waals surface area contributed by atoms with Gasteiger partial charge < -0.3 is 4.57 Å². The van der Waals surface area contributed by atoms with Gasteiger partial charge in [0.1, 0.15) is 5.82 Å². The highest BCUT2D eigenvalue weighted by atomic mass is 15.1.